The zero-order chi connectivity index (χ0) is 24.5. The average Bonchev–Trinajstić information content (AvgIpc) is 3.35. The van der Waals surface area contributed by atoms with Crippen LogP contribution < -0.4 is 9.47 Å². The zero-order valence-electron chi connectivity index (χ0n) is 19.0. The maximum absolute atomic E-state index is 12.9. The number of rotatable bonds is 6. The number of halogens is 3. The van der Waals surface area contributed by atoms with Crippen LogP contribution in [0.1, 0.15) is 30.9 Å². The molecule has 8 nitrogen and oxygen atoms in total. The fourth-order valence-corrected chi connectivity index (χ4v) is 3.21. The van der Waals surface area contributed by atoms with Crippen molar-refractivity contribution in [3.05, 3.63) is 71.9 Å². The molecular formula is C23H19F3N6O2Pt. The summed E-state index contributed by atoms with van der Waals surface area (Å²) in [5, 5.41) is 3.55. The van der Waals surface area contributed by atoms with Crippen LogP contribution in [-0.2, 0) is 32.7 Å². The Morgan fingerprint density at radius 2 is 1.57 bits per heavy atom. The second-order valence-corrected chi connectivity index (χ2v) is 7.69. The van der Waals surface area contributed by atoms with Gasteiger partial charge >= 0.3 is 27.2 Å². The maximum atomic E-state index is 12.9. The van der Waals surface area contributed by atoms with Gasteiger partial charge in [0.05, 0.1) is 25.7 Å². The van der Waals surface area contributed by atoms with Gasteiger partial charge in [0.1, 0.15) is 5.88 Å². The van der Waals surface area contributed by atoms with Crippen LogP contribution in [-0.4, -0.2) is 43.9 Å². The van der Waals surface area contributed by atoms with Crippen LogP contribution in [0.15, 0.2) is 42.5 Å². The molecule has 4 aromatic heterocycles. The molecule has 35 heavy (non-hydrogen) atoms. The number of aromatic nitrogens is 6. The third-order valence-electron chi connectivity index (χ3n) is 5.11. The maximum Gasteiger partial charge on any atom is 2.00 e. The van der Waals surface area contributed by atoms with Crippen LogP contribution in [0.4, 0.5) is 13.2 Å². The van der Waals surface area contributed by atoms with Crippen molar-refractivity contribution >= 4 is 0 Å². The van der Waals surface area contributed by atoms with Gasteiger partial charge in [-0.2, -0.15) is 13.2 Å². The summed E-state index contributed by atoms with van der Waals surface area (Å²) in [6.45, 7) is 3.81. The number of nitrogens with zero attached hydrogens (tertiary/aromatic N) is 6. The monoisotopic (exact) mass is 663 g/mol. The third kappa shape index (κ3) is 5.35. The van der Waals surface area contributed by atoms with Gasteiger partial charge in [-0.3, -0.25) is 15.1 Å². The predicted octanol–water partition coefficient (Wildman–Crippen LogP) is 4.08. The molecule has 0 radical (unpaired) electrons. The van der Waals surface area contributed by atoms with E-state index < -0.39 is 17.3 Å². The van der Waals surface area contributed by atoms with Gasteiger partial charge in [-0.25, -0.2) is 0 Å². The summed E-state index contributed by atoms with van der Waals surface area (Å²) in [6, 6.07) is 11.3. The normalized spacial score (nSPS) is 11.6. The molecule has 0 amide bonds. The van der Waals surface area contributed by atoms with E-state index in [4.69, 9.17) is 14.5 Å². The van der Waals surface area contributed by atoms with E-state index in [1.54, 1.807) is 24.3 Å². The minimum atomic E-state index is -4.56. The second kappa shape index (κ2) is 10.1. The van der Waals surface area contributed by atoms with Crippen molar-refractivity contribution in [2.75, 3.05) is 14.2 Å². The average molecular weight is 664 g/mol. The summed E-state index contributed by atoms with van der Waals surface area (Å²) in [5.41, 5.74) is 0.452. The molecule has 0 aliphatic rings. The molecule has 0 saturated carbocycles. The first-order chi connectivity index (χ1) is 16.1. The molecule has 184 valence electrons. The SMILES string of the molecule is COc1n[c-]c(-c2cccc(C(C)(C)c3cccc(-n4[c-]cc(C(F)(F)F)n4)n3)n2)c(OC)n1.[Pt+2]. The Labute approximate surface area is 213 Å². The van der Waals surface area contributed by atoms with E-state index in [9.17, 15) is 13.2 Å². The molecule has 0 N–H and O–H groups in total. The van der Waals surface area contributed by atoms with Gasteiger partial charge in [-0.15, -0.1) is 6.07 Å². The smallest absolute Gasteiger partial charge is 0.524 e. The first-order valence-electron chi connectivity index (χ1n) is 10.0. The molecule has 12 heteroatoms. The van der Waals surface area contributed by atoms with Crippen LogP contribution >= 0.6 is 0 Å². The summed E-state index contributed by atoms with van der Waals surface area (Å²) in [6.07, 6.45) is 0.741. The Morgan fingerprint density at radius 1 is 0.886 bits per heavy atom. The van der Waals surface area contributed by atoms with Crippen LogP contribution in [0, 0.1) is 12.4 Å². The molecule has 0 aliphatic carbocycles. The zero-order valence-corrected chi connectivity index (χ0v) is 21.3. The molecule has 0 fully saturated rings. The molecule has 4 aromatic rings. The summed E-state index contributed by atoms with van der Waals surface area (Å²) in [4.78, 5) is 17.5. The minimum absolute atomic E-state index is 0. The van der Waals surface area contributed by atoms with Crippen molar-refractivity contribution in [2.24, 2.45) is 0 Å². The van der Waals surface area contributed by atoms with Gasteiger partial charge in [0.25, 0.3) is 0 Å². The second-order valence-electron chi connectivity index (χ2n) is 7.69. The third-order valence-corrected chi connectivity index (χ3v) is 5.11. The molecule has 4 heterocycles. The van der Waals surface area contributed by atoms with Gasteiger partial charge in [-0.1, -0.05) is 30.5 Å². The van der Waals surface area contributed by atoms with Gasteiger partial charge in [0.2, 0.25) is 6.01 Å². The predicted molar refractivity (Wildman–Crippen MR) is 115 cm³/mol. The van der Waals surface area contributed by atoms with Crippen LogP contribution in [0.3, 0.4) is 0 Å². The van der Waals surface area contributed by atoms with Crippen molar-refractivity contribution in [3.63, 3.8) is 0 Å². The number of hydrogen-bond donors (Lipinski definition) is 0. The number of methoxy groups -OCH3 is 2. The molecule has 4 rings (SSSR count). The Bertz CT molecular complexity index is 1330. The number of ether oxygens (including phenoxy) is 2. The van der Waals surface area contributed by atoms with E-state index in [1.165, 1.54) is 14.2 Å². The Kier molecular flexibility index (Phi) is 7.59. The summed E-state index contributed by atoms with van der Waals surface area (Å²) in [7, 11) is 2.91. The molecule has 0 aliphatic heterocycles. The van der Waals surface area contributed by atoms with Gasteiger partial charge in [-0.05, 0) is 43.4 Å². The fraction of sp³-hybridized carbons (Fsp3) is 0.261. The Balaban J connectivity index is 0.00000342. The van der Waals surface area contributed by atoms with E-state index in [1.807, 2.05) is 26.0 Å². The van der Waals surface area contributed by atoms with E-state index in [0.29, 0.717) is 22.6 Å². The van der Waals surface area contributed by atoms with Gasteiger partial charge in [0.15, 0.2) is 0 Å². The minimum Gasteiger partial charge on any atom is -0.524 e. The molecule has 0 unspecified atom stereocenters. The van der Waals surface area contributed by atoms with E-state index in [2.05, 4.69) is 32.4 Å². The van der Waals surface area contributed by atoms with Crippen molar-refractivity contribution in [1.82, 2.24) is 29.7 Å². The van der Waals surface area contributed by atoms with Gasteiger partial charge in [0, 0.05) is 16.8 Å². The molecule has 0 saturated heterocycles. The summed E-state index contributed by atoms with van der Waals surface area (Å²) < 4.78 is 50.1. The molecular weight excluding hydrogens is 644 g/mol. The van der Waals surface area contributed by atoms with Crippen molar-refractivity contribution < 1.29 is 43.7 Å². The van der Waals surface area contributed by atoms with Crippen molar-refractivity contribution in [3.8, 4) is 29.0 Å². The van der Waals surface area contributed by atoms with Crippen LogP contribution in [0.5, 0.6) is 11.9 Å². The first kappa shape index (κ1) is 26.3. The van der Waals surface area contributed by atoms with Crippen LogP contribution in [0.2, 0.25) is 0 Å². The molecule has 0 spiro atoms. The molecule has 0 aromatic carbocycles. The fourth-order valence-electron chi connectivity index (χ4n) is 3.21. The van der Waals surface area contributed by atoms with Crippen molar-refractivity contribution in [1.29, 1.82) is 0 Å². The largest absolute Gasteiger partial charge is 2.00 e. The Hall–Kier alpha value is -3.33. The molecule has 0 bridgehead atoms. The summed E-state index contributed by atoms with van der Waals surface area (Å²) in [5.74, 6) is 0.458. The van der Waals surface area contributed by atoms with E-state index in [0.717, 1.165) is 10.7 Å². The quantitative estimate of drug-likeness (QED) is 0.288. The molecule has 0 atom stereocenters. The van der Waals surface area contributed by atoms with E-state index >= 15 is 0 Å². The number of alkyl halides is 3. The standard InChI is InChI=1S/C23H19F3N6O2.Pt/c1-22(2,17-9-6-10-19(29-17)32-12-11-18(31-32)23(24,25)26)16-8-5-7-15(28-16)14-13-27-21(34-4)30-20(14)33-3;/h5-11H,1-4H3;/q-2;+2. The number of hydrogen-bond acceptors (Lipinski definition) is 7. The first-order valence-corrected chi connectivity index (χ1v) is 10.0. The van der Waals surface area contributed by atoms with E-state index in [-0.39, 0.29) is 38.8 Å². The number of pyridine rings is 2. The Morgan fingerprint density at radius 3 is 2.20 bits per heavy atom. The van der Waals surface area contributed by atoms with Crippen LogP contribution in [0.25, 0.3) is 17.1 Å². The topological polar surface area (TPSA) is 87.8 Å². The van der Waals surface area contributed by atoms with Gasteiger partial charge < -0.3 is 24.1 Å². The summed E-state index contributed by atoms with van der Waals surface area (Å²) >= 11 is 0. The van der Waals surface area contributed by atoms with Crippen molar-refractivity contribution in [2.45, 2.75) is 25.4 Å².